The molecule has 0 radical (unpaired) electrons. The molecule has 2 heterocycles. The first-order valence-corrected chi connectivity index (χ1v) is 11.5. The number of nitrogens with one attached hydrogen (secondary N) is 1. The summed E-state index contributed by atoms with van der Waals surface area (Å²) in [6.07, 6.45) is -1.67. The lowest BCUT2D eigenvalue weighted by atomic mass is 10.00. The molecule has 5 atom stereocenters. The normalized spacial score (nSPS) is 26.6. The first-order chi connectivity index (χ1) is 15.9. The maximum Gasteiger partial charge on any atom is 0.307 e. The van der Waals surface area contributed by atoms with Gasteiger partial charge in [0.05, 0.1) is 19.6 Å². The minimum atomic E-state index is -0.761. The second-order valence-corrected chi connectivity index (χ2v) is 8.81. The lowest BCUT2D eigenvalue weighted by Gasteiger charge is -2.31. The molecule has 0 aliphatic carbocycles. The van der Waals surface area contributed by atoms with Gasteiger partial charge >= 0.3 is 5.97 Å². The van der Waals surface area contributed by atoms with Gasteiger partial charge in [0, 0.05) is 12.6 Å². The van der Waals surface area contributed by atoms with Gasteiger partial charge in [-0.05, 0) is 31.9 Å². The van der Waals surface area contributed by atoms with E-state index in [2.05, 4.69) is 5.32 Å². The molecule has 4 rings (SSSR count). The van der Waals surface area contributed by atoms with Crippen LogP contribution in [0.15, 0.2) is 60.7 Å². The van der Waals surface area contributed by atoms with E-state index in [-0.39, 0.29) is 18.4 Å². The smallest absolute Gasteiger partial charge is 0.307 e. The molecule has 0 saturated carbocycles. The summed E-state index contributed by atoms with van der Waals surface area (Å²) in [7, 11) is 0. The van der Waals surface area contributed by atoms with Crippen molar-refractivity contribution in [3.05, 3.63) is 71.8 Å². The summed E-state index contributed by atoms with van der Waals surface area (Å²) >= 11 is 0. The number of hydrogen-bond donors (Lipinski definition) is 1. The molecule has 2 aromatic rings. The Morgan fingerprint density at radius 2 is 1.70 bits per heavy atom. The van der Waals surface area contributed by atoms with Crippen molar-refractivity contribution in [3.63, 3.8) is 0 Å². The SMILES string of the molecule is CCOC(=O)C[C@H](NCc1ccccc1)[C@H]1O[C@@H]2OC(C)(C)O[C@@H]2[C@H]1OCc1ccccc1. The topological polar surface area (TPSA) is 75.3 Å². The molecule has 0 unspecified atom stereocenters. The monoisotopic (exact) mass is 455 g/mol. The van der Waals surface area contributed by atoms with E-state index in [0.717, 1.165) is 11.1 Å². The lowest BCUT2D eigenvalue weighted by molar-refractivity contribution is -0.223. The highest BCUT2D eigenvalue weighted by molar-refractivity contribution is 5.70. The Morgan fingerprint density at radius 3 is 2.36 bits per heavy atom. The molecule has 7 nitrogen and oxygen atoms in total. The Bertz CT molecular complexity index is 890. The van der Waals surface area contributed by atoms with Crippen LogP contribution in [0.3, 0.4) is 0 Å². The van der Waals surface area contributed by atoms with Gasteiger partial charge < -0.3 is 29.0 Å². The molecule has 0 aromatic heterocycles. The van der Waals surface area contributed by atoms with Gasteiger partial charge in [-0.1, -0.05) is 60.7 Å². The van der Waals surface area contributed by atoms with Crippen LogP contribution in [0.1, 0.15) is 38.3 Å². The minimum Gasteiger partial charge on any atom is -0.466 e. The first kappa shape index (κ1) is 23.9. The Balaban J connectivity index is 1.53. The van der Waals surface area contributed by atoms with Gasteiger partial charge in [0.15, 0.2) is 12.1 Å². The van der Waals surface area contributed by atoms with Crippen LogP contribution in [0.5, 0.6) is 0 Å². The molecular formula is C26H33NO6. The number of fused-ring (bicyclic) bond motifs is 1. The van der Waals surface area contributed by atoms with E-state index in [0.29, 0.717) is 19.8 Å². The Hall–Kier alpha value is -2.29. The summed E-state index contributed by atoms with van der Waals surface area (Å²) in [6.45, 7) is 6.84. The van der Waals surface area contributed by atoms with Crippen molar-refractivity contribution >= 4 is 5.97 Å². The van der Waals surface area contributed by atoms with Crippen LogP contribution in [0, 0.1) is 0 Å². The summed E-state index contributed by atoms with van der Waals surface area (Å²) in [5.74, 6) is -1.05. The molecule has 1 N–H and O–H groups in total. The largest absolute Gasteiger partial charge is 0.466 e. The first-order valence-electron chi connectivity index (χ1n) is 11.5. The predicted octanol–water partition coefficient (Wildman–Crippen LogP) is 3.56. The fourth-order valence-electron chi connectivity index (χ4n) is 4.33. The van der Waals surface area contributed by atoms with E-state index >= 15 is 0 Å². The van der Waals surface area contributed by atoms with E-state index < -0.39 is 30.4 Å². The van der Waals surface area contributed by atoms with Gasteiger partial charge in [-0.2, -0.15) is 0 Å². The van der Waals surface area contributed by atoms with Crippen molar-refractivity contribution in [1.82, 2.24) is 5.32 Å². The van der Waals surface area contributed by atoms with Gasteiger partial charge in [0.25, 0.3) is 0 Å². The predicted molar refractivity (Wildman–Crippen MR) is 122 cm³/mol. The molecular weight excluding hydrogens is 422 g/mol. The van der Waals surface area contributed by atoms with Crippen LogP contribution < -0.4 is 5.32 Å². The van der Waals surface area contributed by atoms with E-state index in [9.17, 15) is 4.79 Å². The Kier molecular flexibility index (Phi) is 7.78. The maximum atomic E-state index is 12.4. The fourth-order valence-corrected chi connectivity index (χ4v) is 4.33. The standard InChI is InChI=1S/C26H33NO6/c1-4-29-21(28)15-20(27-16-18-11-7-5-8-12-18)22-23(30-17-19-13-9-6-10-14-19)24-25(31-22)33-26(2,3)32-24/h5-14,20,22-25,27H,4,15-17H2,1-3H3/t20-,22+,23-,24+,25+/m0/s1. The number of ether oxygens (including phenoxy) is 5. The van der Waals surface area contributed by atoms with Crippen molar-refractivity contribution < 1.29 is 28.5 Å². The van der Waals surface area contributed by atoms with Crippen LogP contribution >= 0.6 is 0 Å². The molecule has 2 fully saturated rings. The van der Waals surface area contributed by atoms with Crippen molar-refractivity contribution in [2.24, 2.45) is 0 Å². The number of esters is 1. The fraction of sp³-hybridized carbons (Fsp3) is 0.500. The zero-order chi connectivity index (χ0) is 23.3. The Labute approximate surface area is 195 Å². The van der Waals surface area contributed by atoms with E-state index in [1.165, 1.54) is 0 Å². The average molecular weight is 456 g/mol. The summed E-state index contributed by atoms with van der Waals surface area (Å²) in [6, 6.07) is 19.7. The van der Waals surface area contributed by atoms with Crippen LogP contribution in [-0.4, -0.2) is 49.0 Å². The lowest BCUT2D eigenvalue weighted by Crippen LogP contribution is -2.49. The Morgan fingerprint density at radius 1 is 1.03 bits per heavy atom. The zero-order valence-corrected chi connectivity index (χ0v) is 19.4. The van der Waals surface area contributed by atoms with Crippen LogP contribution in [0.2, 0.25) is 0 Å². The summed E-state index contributed by atoms with van der Waals surface area (Å²) in [5, 5.41) is 3.49. The molecule has 178 valence electrons. The second kappa shape index (κ2) is 10.8. The minimum absolute atomic E-state index is 0.152. The molecule has 0 bridgehead atoms. The van der Waals surface area contributed by atoms with Gasteiger partial charge in [-0.15, -0.1) is 0 Å². The number of benzene rings is 2. The summed E-state index contributed by atoms with van der Waals surface area (Å²) < 4.78 is 30.0. The number of carbonyl (C=O) groups excluding carboxylic acids is 1. The molecule has 2 saturated heterocycles. The number of rotatable bonds is 10. The molecule has 2 aromatic carbocycles. The molecule has 33 heavy (non-hydrogen) atoms. The zero-order valence-electron chi connectivity index (χ0n) is 19.4. The summed E-state index contributed by atoms with van der Waals surface area (Å²) in [4.78, 5) is 12.4. The highest BCUT2D eigenvalue weighted by atomic mass is 16.8. The second-order valence-electron chi connectivity index (χ2n) is 8.81. The van der Waals surface area contributed by atoms with Crippen LogP contribution in [0.25, 0.3) is 0 Å². The van der Waals surface area contributed by atoms with Crippen molar-refractivity contribution in [1.29, 1.82) is 0 Å². The molecule has 2 aliphatic heterocycles. The van der Waals surface area contributed by atoms with Crippen molar-refractivity contribution in [3.8, 4) is 0 Å². The average Bonchev–Trinajstić information content (AvgIpc) is 3.28. The van der Waals surface area contributed by atoms with Crippen molar-refractivity contribution in [2.45, 2.75) is 76.8 Å². The van der Waals surface area contributed by atoms with Gasteiger partial charge in [0.1, 0.15) is 18.3 Å². The van der Waals surface area contributed by atoms with E-state index in [1.807, 2.05) is 74.5 Å². The quantitative estimate of drug-likeness (QED) is 0.549. The molecule has 0 spiro atoms. The number of carbonyl (C=O) groups is 1. The third kappa shape index (κ3) is 6.19. The molecule has 2 aliphatic rings. The summed E-state index contributed by atoms with van der Waals surface area (Å²) in [5.41, 5.74) is 2.16. The van der Waals surface area contributed by atoms with Gasteiger partial charge in [-0.25, -0.2) is 0 Å². The molecule has 7 heteroatoms. The molecule has 0 amide bonds. The van der Waals surface area contributed by atoms with Gasteiger partial charge in [0.2, 0.25) is 0 Å². The van der Waals surface area contributed by atoms with E-state index in [4.69, 9.17) is 23.7 Å². The van der Waals surface area contributed by atoms with Crippen LogP contribution in [-0.2, 0) is 41.6 Å². The maximum absolute atomic E-state index is 12.4. The van der Waals surface area contributed by atoms with E-state index in [1.54, 1.807) is 6.92 Å². The third-order valence-corrected chi connectivity index (χ3v) is 5.81. The highest BCUT2D eigenvalue weighted by Crippen LogP contribution is 2.40. The third-order valence-electron chi connectivity index (χ3n) is 5.81. The van der Waals surface area contributed by atoms with Crippen LogP contribution in [0.4, 0.5) is 0 Å². The highest BCUT2D eigenvalue weighted by Gasteiger charge is 2.57. The van der Waals surface area contributed by atoms with Gasteiger partial charge in [-0.3, -0.25) is 4.79 Å². The number of hydrogen-bond acceptors (Lipinski definition) is 7. The van der Waals surface area contributed by atoms with Crippen molar-refractivity contribution in [2.75, 3.05) is 6.61 Å².